The number of nitrogens with one attached hydrogen (secondary N) is 2. The summed E-state index contributed by atoms with van der Waals surface area (Å²) in [6.07, 6.45) is 0. The molecule has 2 aromatic rings. The van der Waals surface area contributed by atoms with E-state index in [9.17, 15) is 14.4 Å². The first kappa shape index (κ1) is 23.3. The molecule has 168 valence electrons. The Morgan fingerprint density at radius 2 is 1.91 bits per heavy atom. The number of esters is 1. The zero-order valence-corrected chi connectivity index (χ0v) is 19.3. The second kappa shape index (κ2) is 10.3. The molecule has 2 N–H and O–H groups in total. The topological polar surface area (TPSA) is 115 Å². The van der Waals surface area contributed by atoms with E-state index in [0.717, 1.165) is 0 Å². The Morgan fingerprint density at radius 1 is 1.16 bits per heavy atom. The number of nitrogens with zero attached hydrogens (tertiary/aromatic N) is 1. The molecule has 0 fully saturated rings. The van der Waals surface area contributed by atoms with E-state index < -0.39 is 29.9 Å². The highest BCUT2D eigenvalue weighted by Crippen LogP contribution is 2.36. The van der Waals surface area contributed by atoms with Crippen molar-refractivity contribution >= 4 is 45.2 Å². The Labute approximate surface area is 193 Å². The van der Waals surface area contributed by atoms with Gasteiger partial charge < -0.3 is 24.8 Å². The molecule has 0 aromatic heterocycles. The maximum Gasteiger partial charge on any atom is 0.341 e. The van der Waals surface area contributed by atoms with Gasteiger partial charge in [0.25, 0.3) is 5.91 Å². The van der Waals surface area contributed by atoms with Crippen LogP contribution in [0.25, 0.3) is 0 Å². The fraction of sp³-hybridized carbons (Fsp3) is 0.273. The molecule has 1 heterocycles. The summed E-state index contributed by atoms with van der Waals surface area (Å²) in [6.45, 7) is 1.29. The Hall–Kier alpha value is -3.40. The molecular formula is C22H22BrN3O6. The van der Waals surface area contributed by atoms with Gasteiger partial charge in [-0.1, -0.05) is 28.1 Å². The number of benzene rings is 2. The number of methoxy groups -OCH3 is 2. The van der Waals surface area contributed by atoms with Gasteiger partial charge >= 0.3 is 12.0 Å². The van der Waals surface area contributed by atoms with Crippen LogP contribution in [0.5, 0.6) is 11.5 Å². The Balaban J connectivity index is 1.83. The molecule has 3 rings (SSSR count). The summed E-state index contributed by atoms with van der Waals surface area (Å²) in [6, 6.07) is 10.7. The van der Waals surface area contributed by atoms with Crippen molar-refractivity contribution in [3.8, 4) is 11.5 Å². The molecule has 0 radical (unpaired) electrons. The number of rotatable bonds is 7. The van der Waals surface area contributed by atoms with Gasteiger partial charge in [0.05, 0.1) is 25.9 Å². The van der Waals surface area contributed by atoms with E-state index in [1.54, 1.807) is 49.4 Å². The van der Waals surface area contributed by atoms with E-state index in [2.05, 4.69) is 31.6 Å². The average Bonchev–Trinajstić information content (AvgIpc) is 2.77. The van der Waals surface area contributed by atoms with Crippen LogP contribution < -0.4 is 20.1 Å². The van der Waals surface area contributed by atoms with Crippen LogP contribution in [0.1, 0.15) is 18.5 Å². The van der Waals surface area contributed by atoms with E-state index in [4.69, 9.17) is 14.2 Å². The van der Waals surface area contributed by atoms with Crippen molar-refractivity contribution < 1.29 is 28.6 Å². The number of carbonyl (C=O) groups is 3. The molecule has 2 atom stereocenters. The summed E-state index contributed by atoms with van der Waals surface area (Å²) >= 11 is 3.40. The molecule has 0 spiro atoms. The molecule has 9 nitrogen and oxygen atoms in total. The summed E-state index contributed by atoms with van der Waals surface area (Å²) in [4.78, 5) is 40.8. The molecule has 1 aliphatic rings. The second-order valence-electron chi connectivity index (χ2n) is 6.90. The van der Waals surface area contributed by atoms with Gasteiger partial charge in [-0.25, -0.2) is 9.79 Å². The lowest BCUT2D eigenvalue weighted by Gasteiger charge is -2.30. The normalized spacial score (nSPS) is 17.6. The highest BCUT2D eigenvalue weighted by atomic mass is 79.9. The van der Waals surface area contributed by atoms with Crippen LogP contribution in [0.15, 0.2) is 51.9 Å². The van der Waals surface area contributed by atoms with Crippen LogP contribution in [0.3, 0.4) is 0 Å². The summed E-state index contributed by atoms with van der Waals surface area (Å²) in [5.74, 6) is -0.936. The van der Waals surface area contributed by atoms with Gasteiger partial charge in [-0.2, -0.15) is 0 Å². The molecule has 2 aromatic carbocycles. The van der Waals surface area contributed by atoms with Crippen LogP contribution in [0.4, 0.5) is 10.5 Å². The number of amides is 3. The lowest BCUT2D eigenvalue weighted by molar-refractivity contribution is -0.144. The van der Waals surface area contributed by atoms with Crippen LogP contribution in [0.2, 0.25) is 0 Å². The van der Waals surface area contributed by atoms with E-state index in [1.165, 1.54) is 14.2 Å². The summed E-state index contributed by atoms with van der Waals surface area (Å²) in [7, 11) is 2.78. The number of urea groups is 1. The number of carbonyl (C=O) groups excluding carboxylic acids is 3. The average molecular weight is 504 g/mol. The summed E-state index contributed by atoms with van der Waals surface area (Å²) in [5, 5.41) is 5.42. The number of hydrogen-bond acceptors (Lipinski definition) is 6. The standard InChI is InChI=1S/C22H22BrN3O6/c1-12-19(21(28)31-3)20(26-22(29)24-12)14-10-13(23)8-9-16(14)32-11-18(27)25-15-6-4-5-7-17(15)30-2/h4-10,19-20H,11H2,1-3H3,(H,25,27)(H,26,29). The first-order valence-electron chi connectivity index (χ1n) is 9.62. The Kier molecular flexibility index (Phi) is 7.47. The molecule has 3 amide bonds. The minimum absolute atomic E-state index is 0.302. The van der Waals surface area contributed by atoms with Crippen molar-refractivity contribution in [2.75, 3.05) is 26.1 Å². The summed E-state index contributed by atoms with van der Waals surface area (Å²) < 4.78 is 16.6. The van der Waals surface area contributed by atoms with Crippen molar-refractivity contribution in [2.45, 2.75) is 13.0 Å². The number of anilines is 1. The Morgan fingerprint density at radius 3 is 2.62 bits per heavy atom. The monoisotopic (exact) mass is 503 g/mol. The fourth-order valence-electron chi connectivity index (χ4n) is 3.38. The van der Waals surface area contributed by atoms with E-state index >= 15 is 0 Å². The van der Waals surface area contributed by atoms with Crippen molar-refractivity contribution in [3.63, 3.8) is 0 Å². The Bertz CT molecular complexity index is 1070. The third kappa shape index (κ3) is 5.25. The first-order valence-corrected chi connectivity index (χ1v) is 10.4. The zero-order valence-electron chi connectivity index (χ0n) is 17.7. The molecular weight excluding hydrogens is 482 g/mol. The van der Waals surface area contributed by atoms with Gasteiger partial charge in [-0.15, -0.1) is 0 Å². The fourth-order valence-corrected chi connectivity index (χ4v) is 3.76. The second-order valence-corrected chi connectivity index (χ2v) is 7.82. The molecule has 32 heavy (non-hydrogen) atoms. The largest absolute Gasteiger partial charge is 0.495 e. The number of hydrogen-bond donors (Lipinski definition) is 2. The van der Waals surface area contributed by atoms with E-state index in [-0.39, 0.29) is 6.61 Å². The molecule has 0 saturated carbocycles. The molecule has 0 aliphatic carbocycles. The number of aliphatic imine (C=N–C) groups is 1. The third-order valence-electron chi connectivity index (χ3n) is 4.84. The highest BCUT2D eigenvalue weighted by Gasteiger charge is 2.39. The number of halogens is 1. The predicted octanol–water partition coefficient (Wildman–Crippen LogP) is 3.49. The maximum absolute atomic E-state index is 12.5. The van der Waals surface area contributed by atoms with E-state index in [1.807, 2.05) is 0 Å². The minimum atomic E-state index is -0.836. The number of ether oxygens (including phenoxy) is 3. The minimum Gasteiger partial charge on any atom is -0.495 e. The van der Waals surface area contributed by atoms with Crippen molar-refractivity contribution in [2.24, 2.45) is 10.9 Å². The lowest BCUT2D eigenvalue weighted by atomic mass is 9.88. The highest BCUT2D eigenvalue weighted by molar-refractivity contribution is 9.10. The molecule has 0 saturated heterocycles. The number of para-hydroxylation sites is 2. The summed E-state index contributed by atoms with van der Waals surface area (Å²) in [5.41, 5.74) is 1.34. The first-order chi connectivity index (χ1) is 15.3. The van der Waals surface area contributed by atoms with Crippen molar-refractivity contribution in [1.29, 1.82) is 0 Å². The van der Waals surface area contributed by atoms with E-state index in [0.29, 0.717) is 32.9 Å². The smallest absolute Gasteiger partial charge is 0.341 e. The van der Waals surface area contributed by atoms with Crippen LogP contribution in [-0.2, 0) is 14.3 Å². The van der Waals surface area contributed by atoms with Crippen molar-refractivity contribution in [1.82, 2.24) is 5.32 Å². The SMILES string of the molecule is COC(=O)C1C(C)=NC(=O)NC1c1cc(Br)ccc1OCC(=O)Nc1ccccc1OC. The van der Waals surface area contributed by atoms with Crippen molar-refractivity contribution in [3.05, 3.63) is 52.5 Å². The molecule has 10 heteroatoms. The van der Waals surface area contributed by atoms with Gasteiger partial charge in [0.2, 0.25) is 0 Å². The van der Waals surface area contributed by atoms with Gasteiger partial charge in [-0.05, 0) is 37.3 Å². The van der Waals surface area contributed by atoms with Crippen LogP contribution in [-0.4, -0.2) is 44.4 Å². The quantitative estimate of drug-likeness (QED) is 0.558. The lowest BCUT2D eigenvalue weighted by Crippen LogP contribution is -2.44. The van der Waals surface area contributed by atoms with Gasteiger partial charge in [0.15, 0.2) is 6.61 Å². The van der Waals surface area contributed by atoms with Gasteiger partial charge in [-0.3, -0.25) is 9.59 Å². The molecule has 1 aliphatic heterocycles. The van der Waals surface area contributed by atoms with Crippen LogP contribution in [0, 0.1) is 5.92 Å². The molecule has 0 bridgehead atoms. The zero-order chi connectivity index (χ0) is 23.3. The van der Waals surface area contributed by atoms with Gasteiger partial charge in [0.1, 0.15) is 17.4 Å². The van der Waals surface area contributed by atoms with Gasteiger partial charge in [0, 0.05) is 15.7 Å². The maximum atomic E-state index is 12.5. The molecule has 2 unspecified atom stereocenters. The third-order valence-corrected chi connectivity index (χ3v) is 5.34. The van der Waals surface area contributed by atoms with Crippen LogP contribution >= 0.6 is 15.9 Å². The predicted molar refractivity (Wildman–Crippen MR) is 121 cm³/mol.